The fraction of sp³-hybridized carbons (Fsp3) is 0.350. The number of hydrogen-bond acceptors (Lipinski definition) is 5. The van der Waals surface area contributed by atoms with Crippen LogP contribution in [0.3, 0.4) is 0 Å². The van der Waals surface area contributed by atoms with Gasteiger partial charge in [0.1, 0.15) is 5.75 Å². The van der Waals surface area contributed by atoms with Gasteiger partial charge in [0.2, 0.25) is 0 Å². The van der Waals surface area contributed by atoms with Gasteiger partial charge < -0.3 is 14.8 Å². The maximum absolute atomic E-state index is 12.8. The van der Waals surface area contributed by atoms with E-state index in [2.05, 4.69) is 10.0 Å². The normalized spacial score (nSPS) is 16.6. The fourth-order valence-corrected chi connectivity index (χ4v) is 4.34. The van der Waals surface area contributed by atoms with Crippen LogP contribution in [0.4, 0.5) is 18.9 Å². The summed E-state index contributed by atoms with van der Waals surface area (Å²) < 4.78 is 76.4. The minimum atomic E-state index is -4.61. The van der Waals surface area contributed by atoms with E-state index in [1.165, 1.54) is 18.2 Å². The number of sulfonamides is 1. The lowest BCUT2D eigenvalue weighted by molar-refractivity contribution is -0.137. The van der Waals surface area contributed by atoms with Crippen LogP contribution in [0.25, 0.3) is 0 Å². The molecule has 0 radical (unpaired) electrons. The summed E-state index contributed by atoms with van der Waals surface area (Å²) in [4.78, 5) is 11.6. The van der Waals surface area contributed by atoms with Crippen molar-refractivity contribution in [3.05, 3.63) is 53.1 Å². The summed E-state index contributed by atoms with van der Waals surface area (Å²) in [5.41, 5.74) is -1.24. The number of ether oxygens (including phenoxy) is 2. The van der Waals surface area contributed by atoms with Gasteiger partial charge >= 0.3 is 6.18 Å². The van der Waals surface area contributed by atoms with Gasteiger partial charge in [0, 0.05) is 18.8 Å². The summed E-state index contributed by atoms with van der Waals surface area (Å²) in [6.45, 7) is 0.708. The Bertz CT molecular complexity index is 1070. The van der Waals surface area contributed by atoms with Gasteiger partial charge in [0.15, 0.2) is 6.61 Å². The van der Waals surface area contributed by atoms with Crippen LogP contribution in [-0.4, -0.2) is 40.2 Å². The van der Waals surface area contributed by atoms with E-state index < -0.39 is 21.8 Å². The molecule has 2 aromatic carbocycles. The Labute approximate surface area is 187 Å². The molecule has 1 atom stereocenters. The number of anilines is 1. The average molecular weight is 493 g/mol. The molecule has 32 heavy (non-hydrogen) atoms. The van der Waals surface area contributed by atoms with Crippen LogP contribution in [-0.2, 0) is 25.7 Å². The highest BCUT2D eigenvalue weighted by atomic mass is 35.5. The molecule has 174 valence electrons. The first-order valence-corrected chi connectivity index (χ1v) is 11.4. The third-order valence-corrected chi connectivity index (χ3v) is 6.24. The number of rotatable bonds is 8. The van der Waals surface area contributed by atoms with Gasteiger partial charge in [-0.1, -0.05) is 17.7 Å². The topological polar surface area (TPSA) is 93.7 Å². The van der Waals surface area contributed by atoms with Crippen molar-refractivity contribution in [1.82, 2.24) is 5.32 Å². The van der Waals surface area contributed by atoms with Gasteiger partial charge in [-0.25, -0.2) is 8.42 Å². The van der Waals surface area contributed by atoms with Crippen LogP contribution in [0.1, 0.15) is 18.4 Å². The van der Waals surface area contributed by atoms with Crippen LogP contribution in [0, 0.1) is 0 Å². The SMILES string of the molecule is O=C(COc1ccc(S(=O)(=O)Nc2cccc(C(F)(F)F)c2)cc1Cl)NC[C@H]1CCCO1. The smallest absolute Gasteiger partial charge is 0.416 e. The molecular weight excluding hydrogens is 473 g/mol. The molecule has 1 aliphatic heterocycles. The summed E-state index contributed by atoms with van der Waals surface area (Å²) in [5.74, 6) is -0.309. The van der Waals surface area contributed by atoms with Crippen molar-refractivity contribution in [3.8, 4) is 5.75 Å². The number of carbonyl (C=O) groups excluding carboxylic acids is 1. The molecule has 2 aromatic rings. The number of nitrogens with one attached hydrogen (secondary N) is 2. The Morgan fingerprint density at radius 1 is 1.22 bits per heavy atom. The minimum absolute atomic E-state index is 0.0173. The lowest BCUT2D eigenvalue weighted by Gasteiger charge is -2.13. The number of hydrogen-bond donors (Lipinski definition) is 2. The van der Waals surface area contributed by atoms with Crippen molar-refractivity contribution in [3.63, 3.8) is 0 Å². The number of carbonyl (C=O) groups is 1. The zero-order chi connectivity index (χ0) is 23.4. The Hall–Kier alpha value is -2.50. The standard InChI is InChI=1S/C20H20ClF3N2O5S/c21-17-10-16(32(28,29)26-14-4-1-3-13(9-14)20(22,23)24)6-7-18(17)31-12-19(27)25-11-15-5-2-8-30-15/h1,3-4,6-7,9-10,15,26H,2,5,8,11-12H2,(H,25,27)/t15-/m1/s1. The fourth-order valence-electron chi connectivity index (χ4n) is 2.97. The van der Waals surface area contributed by atoms with E-state index in [-0.39, 0.29) is 40.0 Å². The number of halogens is 4. The predicted molar refractivity (Wildman–Crippen MR) is 111 cm³/mol. The predicted octanol–water partition coefficient (Wildman–Crippen LogP) is 3.83. The number of alkyl halides is 3. The molecule has 3 rings (SSSR count). The maximum Gasteiger partial charge on any atom is 0.416 e. The molecule has 1 aliphatic rings. The number of benzene rings is 2. The first-order valence-electron chi connectivity index (χ1n) is 9.55. The Balaban J connectivity index is 1.61. The van der Waals surface area contributed by atoms with Crippen LogP contribution in [0.2, 0.25) is 5.02 Å². The van der Waals surface area contributed by atoms with Crippen molar-refractivity contribution in [2.24, 2.45) is 0 Å². The molecule has 2 N–H and O–H groups in total. The highest BCUT2D eigenvalue weighted by Crippen LogP contribution is 2.32. The second-order valence-electron chi connectivity index (χ2n) is 7.00. The van der Waals surface area contributed by atoms with E-state index in [0.717, 1.165) is 31.0 Å². The largest absolute Gasteiger partial charge is 0.482 e. The summed E-state index contributed by atoms with van der Waals surface area (Å²) in [7, 11) is -4.21. The Morgan fingerprint density at radius 2 is 2.00 bits per heavy atom. The van der Waals surface area contributed by atoms with Gasteiger partial charge in [-0.05, 0) is 49.2 Å². The Kier molecular flexibility index (Phi) is 7.52. The maximum atomic E-state index is 12.8. The molecule has 0 aliphatic carbocycles. The van der Waals surface area contributed by atoms with Crippen molar-refractivity contribution in [1.29, 1.82) is 0 Å². The number of amides is 1. The van der Waals surface area contributed by atoms with Crippen molar-refractivity contribution < 1.29 is 35.9 Å². The Morgan fingerprint density at radius 3 is 2.66 bits per heavy atom. The van der Waals surface area contributed by atoms with Crippen LogP contribution in [0.5, 0.6) is 5.75 Å². The highest BCUT2D eigenvalue weighted by Gasteiger charge is 2.30. The zero-order valence-corrected chi connectivity index (χ0v) is 18.2. The van der Waals surface area contributed by atoms with E-state index in [1.54, 1.807) is 0 Å². The van der Waals surface area contributed by atoms with Crippen LogP contribution < -0.4 is 14.8 Å². The quantitative estimate of drug-likeness (QED) is 0.584. The van der Waals surface area contributed by atoms with Gasteiger partial charge in [0.25, 0.3) is 15.9 Å². The molecule has 0 bridgehead atoms. The second kappa shape index (κ2) is 9.97. The van der Waals surface area contributed by atoms with Crippen LogP contribution >= 0.6 is 11.6 Å². The monoisotopic (exact) mass is 492 g/mol. The molecule has 0 aromatic heterocycles. The average Bonchev–Trinajstić information content (AvgIpc) is 3.24. The second-order valence-corrected chi connectivity index (χ2v) is 9.09. The molecule has 0 spiro atoms. The third-order valence-electron chi connectivity index (χ3n) is 4.57. The van der Waals surface area contributed by atoms with E-state index in [4.69, 9.17) is 21.1 Å². The summed E-state index contributed by atoms with van der Waals surface area (Å²) in [6.07, 6.45) is -2.81. The lowest BCUT2D eigenvalue weighted by atomic mass is 10.2. The molecule has 1 amide bonds. The summed E-state index contributed by atoms with van der Waals surface area (Å²) >= 11 is 6.07. The van der Waals surface area contributed by atoms with Crippen LogP contribution in [0.15, 0.2) is 47.4 Å². The van der Waals surface area contributed by atoms with E-state index in [9.17, 15) is 26.4 Å². The molecular formula is C20H20ClF3N2O5S. The molecule has 1 fully saturated rings. The third kappa shape index (κ3) is 6.50. The van der Waals surface area contributed by atoms with E-state index in [0.29, 0.717) is 19.2 Å². The molecule has 7 nitrogen and oxygen atoms in total. The zero-order valence-electron chi connectivity index (χ0n) is 16.6. The molecule has 0 unspecified atom stereocenters. The lowest BCUT2D eigenvalue weighted by Crippen LogP contribution is -2.35. The molecule has 0 saturated carbocycles. The first kappa shape index (κ1) is 24.1. The van der Waals surface area contributed by atoms with Gasteiger partial charge in [-0.2, -0.15) is 13.2 Å². The summed E-state index contributed by atoms with van der Waals surface area (Å²) in [5, 5.41) is 2.59. The van der Waals surface area contributed by atoms with E-state index >= 15 is 0 Å². The van der Waals surface area contributed by atoms with Crippen molar-refractivity contribution in [2.75, 3.05) is 24.5 Å². The van der Waals surface area contributed by atoms with Crippen molar-refractivity contribution >= 4 is 33.2 Å². The molecule has 12 heteroatoms. The molecule has 1 saturated heterocycles. The first-order chi connectivity index (χ1) is 15.0. The van der Waals surface area contributed by atoms with Crippen molar-refractivity contribution in [2.45, 2.75) is 30.0 Å². The van der Waals surface area contributed by atoms with E-state index in [1.807, 2.05) is 0 Å². The van der Waals surface area contributed by atoms with Gasteiger partial charge in [-0.15, -0.1) is 0 Å². The summed E-state index contributed by atoms with van der Waals surface area (Å²) in [6, 6.07) is 7.31. The molecule has 1 heterocycles. The minimum Gasteiger partial charge on any atom is -0.482 e. The van der Waals surface area contributed by atoms with Gasteiger partial charge in [-0.3, -0.25) is 9.52 Å². The highest BCUT2D eigenvalue weighted by molar-refractivity contribution is 7.92. The van der Waals surface area contributed by atoms with Gasteiger partial charge in [0.05, 0.1) is 21.6 Å².